The molecule has 0 radical (unpaired) electrons. The largest absolute Gasteiger partial charge is 0.496 e. The first-order chi connectivity index (χ1) is 11.6. The second-order valence-electron chi connectivity index (χ2n) is 5.79. The van der Waals surface area contributed by atoms with Gasteiger partial charge in [0.25, 0.3) is 5.91 Å². The monoisotopic (exact) mass is 336 g/mol. The predicted octanol–water partition coefficient (Wildman–Crippen LogP) is 2.48. The summed E-state index contributed by atoms with van der Waals surface area (Å²) >= 11 is 0. The fraction of sp³-hybridized carbons (Fsp3) is 0.438. The Balaban J connectivity index is 1.65. The van der Waals surface area contributed by atoms with E-state index in [0.717, 1.165) is 31.7 Å². The zero-order valence-electron chi connectivity index (χ0n) is 13.2. The second kappa shape index (κ2) is 6.94. The number of methoxy groups -OCH3 is 1. The van der Waals surface area contributed by atoms with Crippen molar-refractivity contribution in [3.63, 3.8) is 0 Å². The molecule has 1 aromatic heterocycles. The minimum absolute atomic E-state index is 0.0164. The third-order valence-electron chi connectivity index (χ3n) is 4.35. The Morgan fingerprint density at radius 2 is 2.04 bits per heavy atom. The Labute approximate surface area is 137 Å². The predicted molar refractivity (Wildman–Crippen MR) is 81.7 cm³/mol. The van der Waals surface area contributed by atoms with E-state index in [2.05, 4.69) is 15.4 Å². The third-order valence-corrected chi connectivity index (χ3v) is 4.35. The van der Waals surface area contributed by atoms with Gasteiger partial charge in [-0.15, -0.1) is 0 Å². The minimum atomic E-state index is -1.19. The number of amides is 1. The van der Waals surface area contributed by atoms with Crippen LogP contribution in [0.5, 0.6) is 5.75 Å². The van der Waals surface area contributed by atoms with Gasteiger partial charge in [-0.05, 0) is 37.8 Å². The zero-order valence-corrected chi connectivity index (χ0v) is 13.2. The van der Waals surface area contributed by atoms with Crippen LogP contribution in [0.1, 0.15) is 42.1 Å². The molecule has 1 aromatic carbocycles. The molecule has 1 N–H and O–H groups in total. The first kappa shape index (κ1) is 16.4. The van der Waals surface area contributed by atoms with Crippen molar-refractivity contribution in [1.82, 2.24) is 20.1 Å². The molecule has 1 fully saturated rings. The first-order valence-electron chi connectivity index (χ1n) is 7.77. The highest BCUT2D eigenvalue weighted by Crippen LogP contribution is 2.29. The van der Waals surface area contributed by atoms with Gasteiger partial charge in [0.15, 0.2) is 11.6 Å². The van der Waals surface area contributed by atoms with Crippen molar-refractivity contribution >= 4 is 5.91 Å². The topological polar surface area (TPSA) is 69.0 Å². The van der Waals surface area contributed by atoms with E-state index in [1.54, 1.807) is 6.33 Å². The normalized spacial score (nSPS) is 20.6. The van der Waals surface area contributed by atoms with Gasteiger partial charge in [-0.1, -0.05) is 0 Å². The smallest absolute Gasteiger partial charge is 0.258 e. The van der Waals surface area contributed by atoms with Crippen LogP contribution in [-0.2, 0) is 0 Å². The number of carbonyl (C=O) groups is 1. The zero-order chi connectivity index (χ0) is 17.1. The van der Waals surface area contributed by atoms with E-state index in [-0.39, 0.29) is 17.8 Å². The molecule has 8 heteroatoms. The molecule has 0 unspecified atom stereocenters. The standard InChI is InChI=1S/C16H18F2N4O2/c1-24-13-7-6-12(17)15(18)14(13)16(23)21-10-2-4-11(5-3-10)22-9-19-8-20-22/h6-11H,2-5H2,1H3,(H,21,23). The van der Waals surface area contributed by atoms with Crippen LogP contribution in [0.2, 0.25) is 0 Å². The SMILES string of the molecule is COc1ccc(F)c(F)c1C(=O)NC1CCC(n2cncn2)CC1. The number of rotatable bonds is 4. The maximum atomic E-state index is 14.0. The Morgan fingerprint density at radius 1 is 1.29 bits per heavy atom. The van der Waals surface area contributed by atoms with Crippen LogP contribution < -0.4 is 10.1 Å². The number of aromatic nitrogens is 3. The van der Waals surface area contributed by atoms with Crippen molar-refractivity contribution in [2.45, 2.75) is 37.8 Å². The molecule has 0 saturated heterocycles. The van der Waals surface area contributed by atoms with E-state index in [0.29, 0.717) is 0 Å². The molecule has 128 valence electrons. The Hall–Kier alpha value is -2.51. The highest BCUT2D eigenvalue weighted by molar-refractivity contribution is 5.97. The van der Waals surface area contributed by atoms with Crippen LogP contribution in [0.25, 0.3) is 0 Å². The molecule has 1 aliphatic carbocycles. The molecule has 1 heterocycles. The van der Waals surface area contributed by atoms with Gasteiger partial charge in [-0.25, -0.2) is 18.4 Å². The van der Waals surface area contributed by atoms with Crippen LogP contribution in [0.15, 0.2) is 24.8 Å². The first-order valence-corrected chi connectivity index (χ1v) is 7.77. The van der Waals surface area contributed by atoms with Crippen molar-refractivity contribution in [1.29, 1.82) is 0 Å². The van der Waals surface area contributed by atoms with Crippen molar-refractivity contribution in [3.8, 4) is 5.75 Å². The molecule has 2 aromatic rings. The summed E-state index contributed by atoms with van der Waals surface area (Å²) < 4.78 is 34.2. The summed E-state index contributed by atoms with van der Waals surface area (Å²) in [6.45, 7) is 0. The minimum Gasteiger partial charge on any atom is -0.496 e. The summed E-state index contributed by atoms with van der Waals surface area (Å²) in [4.78, 5) is 16.3. The van der Waals surface area contributed by atoms with Gasteiger partial charge < -0.3 is 10.1 Å². The molecule has 1 aliphatic rings. The van der Waals surface area contributed by atoms with Gasteiger partial charge in [-0.2, -0.15) is 5.10 Å². The maximum absolute atomic E-state index is 14.0. The molecule has 1 amide bonds. The fourth-order valence-corrected chi connectivity index (χ4v) is 3.06. The Morgan fingerprint density at radius 3 is 2.67 bits per heavy atom. The van der Waals surface area contributed by atoms with Crippen LogP contribution in [0.3, 0.4) is 0 Å². The molecular formula is C16H18F2N4O2. The molecule has 0 aliphatic heterocycles. The summed E-state index contributed by atoms with van der Waals surface area (Å²) in [7, 11) is 1.31. The average Bonchev–Trinajstić information content (AvgIpc) is 3.12. The molecule has 6 nitrogen and oxygen atoms in total. The van der Waals surface area contributed by atoms with E-state index in [4.69, 9.17) is 4.74 Å². The van der Waals surface area contributed by atoms with E-state index >= 15 is 0 Å². The number of hydrogen-bond donors (Lipinski definition) is 1. The van der Waals surface area contributed by atoms with Crippen molar-refractivity contribution in [2.24, 2.45) is 0 Å². The number of nitrogens with zero attached hydrogens (tertiary/aromatic N) is 3. The number of nitrogens with one attached hydrogen (secondary N) is 1. The van der Waals surface area contributed by atoms with Crippen LogP contribution in [0, 0.1) is 11.6 Å². The van der Waals surface area contributed by atoms with E-state index in [9.17, 15) is 13.6 Å². The average molecular weight is 336 g/mol. The highest BCUT2D eigenvalue weighted by atomic mass is 19.2. The van der Waals surface area contributed by atoms with Gasteiger partial charge >= 0.3 is 0 Å². The summed E-state index contributed by atoms with van der Waals surface area (Å²) in [5.74, 6) is -2.91. The van der Waals surface area contributed by atoms with Gasteiger partial charge in [0, 0.05) is 6.04 Å². The lowest BCUT2D eigenvalue weighted by Gasteiger charge is -2.29. The van der Waals surface area contributed by atoms with Crippen LogP contribution >= 0.6 is 0 Å². The summed E-state index contributed by atoms with van der Waals surface area (Å²) in [5.41, 5.74) is -0.393. The molecule has 0 atom stereocenters. The fourth-order valence-electron chi connectivity index (χ4n) is 3.06. The summed E-state index contributed by atoms with van der Waals surface area (Å²) in [5, 5.41) is 6.90. The van der Waals surface area contributed by atoms with Gasteiger partial charge in [0.2, 0.25) is 0 Å². The lowest BCUT2D eigenvalue weighted by molar-refractivity contribution is 0.0913. The molecule has 24 heavy (non-hydrogen) atoms. The highest BCUT2D eigenvalue weighted by Gasteiger charge is 2.27. The Kier molecular flexibility index (Phi) is 4.73. The van der Waals surface area contributed by atoms with Crippen molar-refractivity contribution in [2.75, 3.05) is 7.11 Å². The molecule has 0 bridgehead atoms. The van der Waals surface area contributed by atoms with Gasteiger partial charge in [0.1, 0.15) is 24.0 Å². The van der Waals surface area contributed by atoms with Crippen molar-refractivity contribution in [3.05, 3.63) is 42.0 Å². The number of carbonyl (C=O) groups excluding carboxylic acids is 1. The molecular weight excluding hydrogens is 318 g/mol. The number of ether oxygens (including phenoxy) is 1. The quantitative estimate of drug-likeness (QED) is 0.931. The summed E-state index contributed by atoms with van der Waals surface area (Å²) in [6.07, 6.45) is 6.29. The maximum Gasteiger partial charge on any atom is 0.258 e. The Bertz CT molecular complexity index is 713. The molecule has 1 saturated carbocycles. The third kappa shape index (κ3) is 3.22. The number of hydrogen-bond acceptors (Lipinski definition) is 4. The molecule has 3 rings (SSSR count). The van der Waals surface area contributed by atoms with Crippen LogP contribution in [-0.4, -0.2) is 33.8 Å². The van der Waals surface area contributed by atoms with Crippen molar-refractivity contribution < 1.29 is 18.3 Å². The van der Waals surface area contributed by atoms with Gasteiger partial charge in [-0.3, -0.25) is 4.79 Å². The lowest BCUT2D eigenvalue weighted by Crippen LogP contribution is -2.38. The lowest BCUT2D eigenvalue weighted by atomic mass is 9.91. The number of benzene rings is 1. The van der Waals surface area contributed by atoms with E-state index in [1.807, 2.05) is 4.68 Å². The summed E-state index contributed by atoms with van der Waals surface area (Å²) in [6, 6.07) is 2.34. The van der Waals surface area contributed by atoms with E-state index in [1.165, 1.54) is 19.5 Å². The molecule has 0 spiro atoms. The second-order valence-corrected chi connectivity index (χ2v) is 5.79. The number of halogens is 2. The van der Waals surface area contributed by atoms with Gasteiger partial charge in [0.05, 0.1) is 13.2 Å². The van der Waals surface area contributed by atoms with Crippen LogP contribution in [0.4, 0.5) is 8.78 Å². The van der Waals surface area contributed by atoms with E-state index < -0.39 is 23.1 Å².